The Bertz CT molecular complexity index is 594. The summed E-state index contributed by atoms with van der Waals surface area (Å²) in [6.45, 7) is 7.57. The van der Waals surface area contributed by atoms with Crippen molar-refractivity contribution in [3.05, 3.63) is 29.3 Å². The minimum atomic E-state index is -0.525. The van der Waals surface area contributed by atoms with Crippen LogP contribution in [-0.2, 0) is 0 Å². The van der Waals surface area contributed by atoms with Crippen molar-refractivity contribution in [1.29, 1.82) is 0 Å². The minimum Gasteiger partial charge on any atom is -0.497 e. The van der Waals surface area contributed by atoms with Crippen molar-refractivity contribution in [2.45, 2.75) is 32.3 Å². The van der Waals surface area contributed by atoms with Gasteiger partial charge in [-0.1, -0.05) is 6.92 Å². The molecule has 1 aromatic carbocycles. The molecule has 0 amide bonds. The zero-order valence-corrected chi connectivity index (χ0v) is 14.3. The van der Waals surface area contributed by atoms with Crippen LogP contribution in [-0.4, -0.2) is 49.0 Å². The molecule has 1 fully saturated rings. The third-order valence-corrected chi connectivity index (χ3v) is 5.20. The molecule has 4 nitrogen and oxygen atoms in total. The number of ether oxygens (including phenoxy) is 2. The van der Waals surface area contributed by atoms with Gasteiger partial charge in [-0.25, -0.2) is 0 Å². The largest absolute Gasteiger partial charge is 0.497 e. The monoisotopic (exact) mass is 317 g/mol. The van der Waals surface area contributed by atoms with Gasteiger partial charge in [-0.2, -0.15) is 0 Å². The summed E-state index contributed by atoms with van der Waals surface area (Å²) in [4.78, 5) is 2.44. The van der Waals surface area contributed by atoms with Crippen molar-refractivity contribution < 1.29 is 14.6 Å². The van der Waals surface area contributed by atoms with E-state index in [0.29, 0.717) is 12.5 Å². The van der Waals surface area contributed by atoms with Crippen LogP contribution in [0, 0.1) is 5.92 Å². The number of benzene rings is 1. The molecule has 3 rings (SSSR count). The number of likely N-dealkylation sites (tertiary alicyclic amines) is 1. The number of methoxy groups -OCH3 is 1. The first-order valence-electron chi connectivity index (χ1n) is 8.47. The fraction of sp³-hybridized carbons (Fsp3) is 0.579. The van der Waals surface area contributed by atoms with Gasteiger partial charge in [-0.05, 0) is 55.5 Å². The van der Waals surface area contributed by atoms with Crippen LogP contribution >= 0.6 is 0 Å². The summed E-state index contributed by atoms with van der Waals surface area (Å²) in [5, 5.41) is 10.5. The van der Waals surface area contributed by atoms with Crippen molar-refractivity contribution in [2.24, 2.45) is 5.92 Å². The molecule has 2 heterocycles. The first kappa shape index (κ1) is 16.3. The molecule has 23 heavy (non-hydrogen) atoms. The van der Waals surface area contributed by atoms with E-state index < -0.39 is 5.60 Å². The number of aliphatic hydroxyl groups is 1. The highest BCUT2D eigenvalue weighted by Gasteiger charge is 2.36. The summed E-state index contributed by atoms with van der Waals surface area (Å²) in [6.07, 6.45) is 4.07. The predicted octanol–water partition coefficient (Wildman–Crippen LogP) is 2.95. The molecule has 4 heteroatoms. The molecule has 0 unspecified atom stereocenters. The second-order valence-electron chi connectivity index (χ2n) is 6.94. The lowest BCUT2D eigenvalue weighted by atomic mass is 9.81. The molecule has 0 saturated carbocycles. The maximum absolute atomic E-state index is 10.5. The highest BCUT2D eigenvalue weighted by atomic mass is 16.5. The third-order valence-electron chi connectivity index (χ3n) is 5.20. The van der Waals surface area contributed by atoms with E-state index in [0.717, 1.165) is 49.5 Å². The van der Waals surface area contributed by atoms with Gasteiger partial charge in [0.05, 0.1) is 12.7 Å². The van der Waals surface area contributed by atoms with Gasteiger partial charge >= 0.3 is 0 Å². The molecule has 2 aliphatic heterocycles. The second-order valence-corrected chi connectivity index (χ2v) is 6.94. The quantitative estimate of drug-likeness (QED) is 0.927. The van der Waals surface area contributed by atoms with Gasteiger partial charge in [0.1, 0.15) is 18.1 Å². The molecule has 0 spiro atoms. The number of hydrogen-bond acceptors (Lipinski definition) is 4. The molecule has 0 aliphatic carbocycles. The molecule has 0 aromatic heterocycles. The summed E-state index contributed by atoms with van der Waals surface area (Å²) in [5.74, 6) is 2.11. The fourth-order valence-corrected chi connectivity index (χ4v) is 3.61. The topological polar surface area (TPSA) is 41.9 Å². The minimum absolute atomic E-state index is 0.341. The van der Waals surface area contributed by atoms with Gasteiger partial charge in [0.15, 0.2) is 0 Å². The van der Waals surface area contributed by atoms with Gasteiger partial charge in [0.2, 0.25) is 0 Å². The van der Waals surface area contributed by atoms with Crippen molar-refractivity contribution in [3.63, 3.8) is 0 Å². The van der Waals surface area contributed by atoms with Crippen molar-refractivity contribution in [2.75, 3.05) is 33.4 Å². The van der Waals surface area contributed by atoms with Gasteiger partial charge < -0.3 is 14.6 Å². The third kappa shape index (κ3) is 3.54. The zero-order chi connectivity index (χ0) is 16.4. The molecular weight excluding hydrogens is 290 g/mol. The van der Waals surface area contributed by atoms with Crippen molar-refractivity contribution in [3.8, 4) is 11.5 Å². The number of fused-ring (bicyclic) bond motifs is 1. The first-order chi connectivity index (χ1) is 11.0. The number of nitrogens with zero attached hydrogens (tertiary/aromatic N) is 1. The number of piperidine rings is 1. The summed E-state index contributed by atoms with van der Waals surface area (Å²) in [7, 11) is 1.68. The Morgan fingerprint density at radius 2 is 2.26 bits per heavy atom. The average Bonchev–Trinajstić information content (AvgIpc) is 2.55. The van der Waals surface area contributed by atoms with Crippen LogP contribution in [0.3, 0.4) is 0 Å². The fourth-order valence-electron chi connectivity index (χ4n) is 3.61. The lowest BCUT2D eigenvalue weighted by molar-refractivity contribution is -0.0572. The van der Waals surface area contributed by atoms with E-state index in [4.69, 9.17) is 9.47 Å². The van der Waals surface area contributed by atoms with Gasteiger partial charge in [-0.15, -0.1) is 0 Å². The Kier molecular flexibility index (Phi) is 4.64. The van der Waals surface area contributed by atoms with Gasteiger partial charge in [-0.3, -0.25) is 4.90 Å². The average molecular weight is 317 g/mol. The Morgan fingerprint density at radius 3 is 3.00 bits per heavy atom. The van der Waals surface area contributed by atoms with Crippen LogP contribution in [0.25, 0.3) is 6.08 Å². The van der Waals surface area contributed by atoms with E-state index in [9.17, 15) is 5.11 Å². The van der Waals surface area contributed by atoms with Crippen LogP contribution in [0.1, 0.15) is 32.3 Å². The van der Waals surface area contributed by atoms with Crippen molar-refractivity contribution >= 4 is 6.08 Å². The smallest absolute Gasteiger partial charge is 0.127 e. The molecule has 1 saturated heterocycles. The Balaban J connectivity index is 1.70. The normalized spacial score (nSPS) is 27.8. The van der Waals surface area contributed by atoms with Crippen molar-refractivity contribution in [1.82, 2.24) is 4.90 Å². The highest BCUT2D eigenvalue weighted by molar-refractivity contribution is 5.64. The zero-order valence-electron chi connectivity index (χ0n) is 14.3. The van der Waals surface area contributed by atoms with E-state index in [1.54, 1.807) is 7.11 Å². The Hall–Kier alpha value is -1.52. The molecule has 0 radical (unpaired) electrons. The number of hydrogen-bond donors (Lipinski definition) is 1. The first-order valence-corrected chi connectivity index (χ1v) is 8.47. The van der Waals surface area contributed by atoms with Crippen LogP contribution in [0.5, 0.6) is 11.5 Å². The van der Waals surface area contributed by atoms with E-state index in [1.165, 1.54) is 5.57 Å². The van der Waals surface area contributed by atoms with Gasteiger partial charge in [0.25, 0.3) is 0 Å². The highest BCUT2D eigenvalue weighted by Crippen LogP contribution is 2.32. The maximum Gasteiger partial charge on any atom is 0.127 e. The predicted molar refractivity (Wildman–Crippen MR) is 91.9 cm³/mol. The van der Waals surface area contributed by atoms with Crippen LogP contribution < -0.4 is 9.47 Å². The molecule has 0 bridgehead atoms. The second kappa shape index (κ2) is 6.54. The van der Waals surface area contributed by atoms with Crippen LogP contribution in [0.4, 0.5) is 0 Å². The molecule has 1 N–H and O–H groups in total. The summed E-state index contributed by atoms with van der Waals surface area (Å²) in [6, 6.07) is 5.91. The van der Waals surface area contributed by atoms with E-state index in [2.05, 4.69) is 17.9 Å². The lowest BCUT2D eigenvalue weighted by Gasteiger charge is -2.42. The SMILES string of the molecule is CC[C@@H]1CN(CC2=Cc3cc(OC)ccc3OC2)CC[C@]1(C)O. The Morgan fingerprint density at radius 1 is 1.43 bits per heavy atom. The van der Waals surface area contributed by atoms with E-state index >= 15 is 0 Å². The lowest BCUT2D eigenvalue weighted by Crippen LogP contribution is -2.50. The standard InChI is InChI=1S/C19H27NO3/c1-4-16-12-20(8-7-19(16,2)21)11-14-9-15-10-17(22-3)5-6-18(15)23-13-14/h5-6,9-10,16,21H,4,7-8,11-13H2,1-3H3/t16-,19+/m1/s1. The summed E-state index contributed by atoms with van der Waals surface area (Å²) < 4.78 is 11.2. The van der Waals surface area contributed by atoms with Gasteiger partial charge in [0, 0.05) is 25.2 Å². The molecule has 2 atom stereocenters. The summed E-state index contributed by atoms with van der Waals surface area (Å²) >= 11 is 0. The molecular formula is C19H27NO3. The van der Waals surface area contributed by atoms with E-state index in [1.807, 2.05) is 25.1 Å². The Labute approximate surface area is 138 Å². The molecule has 1 aromatic rings. The maximum atomic E-state index is 10.5. The molecule has 2 aliphatic rings. The van der Waals surface area contributed by atoms with Crippen LogP contribution in [0.2, 0.25) is 0 Å². The molecule has 126 valence electrons. The van der Waals surface area contributed by atoms with E-state index in [-0.39, 0.29) is 0 Å². The summed E-state index contributed by atoms with van der Waals surface area (Å²) in [5.41, 5.74) is 1.84. The van der Waals surface area contributed by atoms with Crippen LogP contribution in [0.15, 0.2) is 23.8 Å². The number of rotatable bonds is 4.